The van der Waals surface area contributed by atoms with Crippen molar-refractivity contribution in [3.05, 3.63) is 23.8 Å². The molecule has 1 aromatic carbocycles. The fourth-order valence-corrected chi connectivity index (χ4v) is 2.64. The van der Waals surface area contributed by atoms with Crippen molar-refractivity contribution in [2.24, 2.45) is 0 Å². The van der Waals surface area contributed by atoms with Crippen molar-refractivity contribution >= 4 is 17.8 Å². The maximum absolute atomic E-state index is 12.6. The molecular weight excluding hydrogens is 359 g/mol. The van der Waals surface area contributed by atoms with Gasteiger partial charge in [0.1, 0.15) is 18.6 Å². The van der Waals surface area contributed by atoms with E-state index in [9.17, 15) is 27.6 Å². The van der Waals surface area contributed by atoms with Crippen LogP contribution in [-0.2, 0) is 15.1 Å². The number of hydrogen-bond acceptors (Lipinski definition) is 5. The molecule has 11 heteroatoms. The molecule has 1 fully saturated rings. The van der Waals surface area contributed by atoms with Crippen molar-refractivity contribution in [2.45, 2.75) is 18.6 Å². The summed E-state index contributed by atoms with van der Waals surface area (Å²) in [6, 6.07) is 3.77. The van der Waals surface area contributed by atoms with Gasteiger partial charge in [0, 0.05) is 0 Å². The number of nitrogens with zero attached hydrogens (tertiary/aromatic N) is 1. The van der Waals surface area contributed by atoms with Gasteiger partial charge in [0.2, 0.25) is 12.7 Å². The third-order valence-corrected chi connectivity index (χ3v) is 4.01. The van der Waals surface area contributed by atoms with Crippen LogP contribution in [0.25, 0.3) is 0 Å². The van der Waals surface area contributed by atoms with Crippen LogP contribution in [0.15, 0.2) is 18.2 Å². The molecule has 2 aliphatic heterocycles. The fraction of sp³-hybridized carbons (Fsp3) is 0.400. The van der Waals surface area contributed by atoms with E-state index in [0.717, 1.165) is 0 Å². The topological polar surface area (TPSA) is 97.0 Å². The van der Waals surface area contributed by atoms with Crippen molar-refractivity contribution in [3.63, 3.8) is 0 Å². The van der Waals surface area contributed by atoms with Gasteiger partial charge in [-0.1, -0.05) is 6.07 Å². The zero-order valence-corrected chi connectivity index (χ0v) is 13.5. The lowest BCUT2D eigenvalue weighted by Crippen LogP contribution is -2.44. The van der Waals surface area contributed by atoms with Gasteiger partial charge in [-0.25, -0.2) is 4.79 Å². The van der Waals surface area contributed by atoms with E-state index in [1.54, 1.807) is 17.4 Å². The quantitative estimate of drug-likeness (QED) is 0.763. The third-order valence-electron chi connectivity index (χ3n) is 4.01. The normalized spacial score (nSPS) is 21.8. The minimum Gasteiger partial charge on any atom is -0.454 e. The minimum absolute atomic E-state index is 0.0291. The average molecular weight is 373 g/mol. The maximum atomic E-state index is 12.6. The number of nitrogens with one attached hydrogen (secondary N) is 2. The van der Waals surface area contributed by atoms with Crippen molar-refractivity contribution in [3.8, 4) is 11.5 Å². The molecule has 1 atom stereocenters. The van der Waals surface area contributed by atoms with E-state index in [4.69, 9.17) is 9.47 Å². The molecule has 0 spiro atoms. The van der Waals surface area contributed by atoms with Crippen LogP contribution in [0, 0.1) is 0 Å². The molecular formula is C15H14F3N3O5. The van der Waals surface area contributed by atoms with E-state index >= 15 is 0 Å². The number of urea groups is 1. The summed E-state index contributed by atoms with van der Waals surface area (Å²) in [6.07, 6.45) is -4.59. The summed E-state index contributed by atoms with van der Waals surface area (Å²) in [7, 11) is 0. The van der Waals surface area contributed by atoms with Gasteiger partial charge in [-0.2, -0.15) is 13.2 Å². The number of fused-ring (bicyclic) bond motifs is 1. The lowest BCUT2D eigenvalue weighted by molar-refractivity contribution is -0.141. The second kappa shape index (κ2) is 6.07. The highest BCUT2D eigenvalue weighted by molar-refractivity contribution is 6.09. The summed E-state index contributed by atoms with van der Waals surface area (Å²) in [5.41, 5.74) is -1.10. The van der Waals surface area contributed by atoms with E-state index in [-0.39, 0.29) is 6.79 Å². The Morgan fingerprint density at radius 1 is 1.31 bits per heavy atom. The molecule has 0 bridgehead atoms. The first-order chi connectivity index (χ1) is 12.1. The van der Waals surface area contributed by atoms with Gasteiger partial charge in [-0.3, -0.25) is 14.5 Å². The smallest absolute Gasteiger partial charge is 0.405 e. The van der Waals surface area contributed by atoms with E-state index < -0.39 is 42.7 Å². The second-order valence-corrected chi connectivity index (χ2v) is 5.91. The van der Waals surface area contributed by atoms with Gasteiger partial charge in [0.05, 0.1) is 0 Å². The van der Waals surface area contributed by atoms with Gasteiger partial charge in [0.25, 0.3) is 5.91 Å². The minimum atomic E-state index is -4.59. The van der Waals surface area contributed by atoms with Crippen molar-refractivity contribution in [1.29, 1.82) is 0 Å². The molecule has 0 aliphatic carbocycles. The zero-order valence-electron chi connectivity index (χ0n) is 13.5. The number of alkyl halides is 3. The Hall–Kier alpha value is -2.98. The number of hydrogen-bond donors (Lipinski definition) is 2. The summed E-state index contributed by atoms with van der Waals surface area (Å²) >= 11 is 0. The Morgan fingerprint density at radius 2 is 2.00 bits per heavy atom. The highest BCUT2D eigenvalue weighted by atomic mass is 19.4. The molecule has 2 N–H and O–H groups in total. The standard InChI is InChI=1S/C15H14F3N3O5/c1-14(8-2-3-9-10(4-8)26-7-25-9)12(23)21(13(24)20-14)5-11(22)19-6-15(16,17)18/h2-4H,5-7H2,1H3,(H,19,22)(H,20,24)/t14-/m0/s1. The van der Waals surface area contributed by atoms with Crippen LogP contribution in [0.5, 0.6) is 11.5 Å². The van der Waals surface area contributed by atoms with E-state index in [1.807, 2.05) is 0 Å². The van der Waals surface area contributed by atoms with Crippen molar-refractivity contribution in [2.75, 3.05) is 19.9 Å². The number of carbonyl (C=O) groups excluding carboxylic acids is 3. The molecule has 3 rings (SSSR count). The van der Waals surface area contributed by atoms with Gasteiger partial charge in [0.15, 0.2) is 11.5 Å². The summed E-state index contributed by atoms with van der Waals surface area (Å²) in [5, 5.41) is 4.07. The first-order valence-electron chi connectivity index (χ1n) is 7.48. The van der Waals surface area contributed by atoms with Gasteiger partial charge in [-0.05, 0) is 24.6 Å². The summed E-state index contributed by atoms with van der Waals surface area (Å²) < 4.78 is 46.8. The molecule has 0 aromatic heterocycles. The average Bonchev–Trinajstić information content (AvgIpc) is 3.11. The van der Waals surface area contributed by atoms with Gasteiger partial charge >= 0.3 is 12.2 Å². The van der Waals surface area contributed by atoms with Crippen LogP contribution < -0.4 is 20.1 Å². The molecule has 8 nitrogen and oxygen atoms in total. The first-order valence-corrected chi connectivity index (χ1v) is 7.48. The van der Waals surface area contributed by atoms with E-state index in [2.05, 4.69) is 5.32 Å². The molecule has 4 amide bonds. The number of ether oxygens (including phenoxy) is 2. The lowest BCUT2D eigenvalue weighted by atomic mass is 9.91. The number of benzene rings is 1. The number of rotatable bonds is 4. The molecule has 1 saturated heterocycles. The van der Waals surface area contributed by atoms with E-state index in [1.165, 1.54) is 13.0 Å². The number of amides is 4. The molecule has 1 aromatic rings. The van der Waals surface area contributed by atoms with E-state index in [0.29, 0.717) is 22.0 Å². The molecule has 140 valence electrons. The highest BCUT2D eigenvalue weighted by Gasteiger charge is 2.50. The lowest BCUT2D eigenvalue weighted by Gasteiger charge is -2.22. The molecule has 26 heavy (non-hydrogen) atoms. The van der Waals surface area contributed by atoms with Crippen molar-refractivity contribution < 1.29 is 37.0 Å². The maximum Gasteiger partial charge on any atom is 0.405 e. The predicted molar refractivity (Wildman–Crippen MR) is 79.2 cm³/mol. The molecule has 0 radical (unpaired) electrons. The van der Waals surface area contributed by atoms with Crippen molar-refractivity contribution in [1.82, 2.24) is 15.5 Å². The SMILES string of the molecule is C[C@@]1(c2ccc3c(c2)OCO3)NC(=O)N(CC(=O)NCC(F)(F)F)C1=O. The van der Waals surface area contributed by atoms with Crippen LogP contribution in [0.3, 0.4) is 0 Å². The Morgan fingerprint density at radius 3 is 2.69 bits per heavy atom. The Kier molecular flexibility index (Phi) is 4.17. The largest absolute Gasteiger partial charge is 0.454 e. The summed E-state index contributed by atoms with van der Waals surface area (Å²) in [5.74, 6) is -0.978. The summed E-state index contributed by atoms with van der Waals surface area (Å²) in [4.78, 5) is 36.9. The third kappa shape index (κ3) is 3.24. The van der Waals surface area contributed by atoms with Gasteiger partial charge in [-0.15, -0.1) is 0 Å². The number of halogens is 3. The molecule has 2 heterocycles. The number of carbonyl (C=O) groups is 3. The number of imide groups is 1. The molecule has 2 aliphatic rings. The Labute approximate surface area is 145 Å². The molecule has 0 saturated carbocycles. The Balaban J connectivity index is 1.74. The van der Waals surface area contributed by atoms with Crippen LogP contribution >= 0.6 is 0 Å². The highest BCUT2D eigenvalue weighted by Crippen LogP contribution is 2.37. The fourth-order valence-electron chi connectivity index (χ4n) is 2.64. The monoisotopic (exact) mass is 373 g/mol. The van der Waals surface area contributed by atoms with Crippen LogP contribution in [0.4, 0.5) is 18.0 Å². The van der Waals surface area contributed by atoms with Crippen LogP contribution in [0.2, 0.25) is 0 Å². The zero-order chi connectivity index (χ0) is 19.1. The van der Waals surface area contributed by atoms with Gasteiger partial charge < -0.3 is 20.1 Å². The molecule has 0 unspecified atom stereocenters. The summed E-state index contributed by atoms with van der Waals surface area (Å²) in [6.45, 7) is -0.907. The Bertz CT molecular complexity index is 782. The predicted octanol–water partition coefficient (Wildman–Crippen LogP) is 0.861. The van der Waals surface area contributed by atoms with Crippen LogP contribution in [-0.4, -0.2) is 48.8 Å². The van der Waals surface area contributed by atoms with Crippen LogP contribution in [0.1, 0.15) is 12.5 Å². The second-order valence-electron chi connectivity index (χ2n) is 5.91. The first kappa shape index (κ1) is 17.8.